The number of alkyl halides is 3. The molecule has 1 amide bonds. The summed E-state index contributed by atoms with van der Waals surface area (Å²) in [7, 11) is 2.03. The number of benzene rings is 2. The summed E-state index contributed by atoms with van der Waals surface area (Å²) in [6.07, 6.45) is -0.137. The van der Waals surface area contributed by atoms with Crippen LogP contribution in [-0.2, 0) is 12.7 Å². The van der Waals surface area contributed by atoms with Gasteiger partial charge in [0.1, 0.15) is 16.3 Å². The minimum absolute atomic E-state index is 0.0462. The van der Waals surface area contributed by atoms with E-state index in [0.717, 1.165) is 65.7 Å². The highest BCUT2D eigenvalue weighted by Gasteiger charge is 2.32. The van der Waals surface area contributed by atoms with Crippen molar-refractivity contribution in [3.63, 3.8) is 0 Å². The number of hydrogen-bond acceptors (Lipinski definition) is 9. The van der Waals surface area contributed by atoms with E-state index >= 15 is 0 Å². The number of carbonyl (C=O) groups excluding carboxylic acids is 1. The normalized spacial score (nSPS) is 15.3. The third-order valence-electron chi connectivity index (χ3n) is 8.23. The van der Waals surface area contributed by atoms with E-state index in [4.69, 9.17) is 0 Å². The summed E-state index contributed by atoms with van der Waals surface area (Å²) in [5.74, 6) is -0.601. The molecule has 6 rings (SSSR count). The van der Waals surface area contributed by atoms with Crippen LogP contribution in [0.3, 0.4) is 0 Å². The number of rotatable bonds is 11. The van der Waals surface area contributed by atoms with Gasteiger partial charge in [0.2, 0.25) is 0 Å². The molecular weight excluding hydrogens is 617 g/mol. The second kappa shape index (κ2) is 12.9. The number of hydrogen-bond donors (Lipinski definition) is 4. The molecule has 1 fully saturated rings. The zero-order chi connectivity index (χ0) is 32.4. The number of nitrogens with zero attached hydrogens (tertiary/aromatic N) is 2. The van der Waals surface area contributed by atoms with Crippen molar-refractivity contribution in [2.75, 3.05) is 41.4 Å². The van der Waals surface area contributed by atoms with E-state index in [1.165, 1.54) is 6.07 Å². The molecule has 1 saturated heterocycles. The van der Waals surface area contributed by atoms with Crippen LogP contribution in [0.5, 0.6) is 0 Å². The monoisotopic (exact) mass is 648 g/mol. The maximum atomic E-state index is 13.9. The Morgan fingerprint density at radius 2 is 1.80 bits per heavy atom. The van der Waals surface area contributed by atoms with Gasteiger partial charge in [-0.1, -0.05) is 18.2 Å². The van der Waals surface area contributed by atoms with Gasteiger partial charge in [0.05, 0.1) is 16.8 Å². The van der Waals surface area contributed by atoms with E-state index in [-0.39, 0.29) is 27.6 Å². The van der Waals surface area contributed by atoms with E-state index in [0.29, 0.717) is 24.8 Å². The molecule has 0 bridgehead atoms. The Balaban J connectivity index is 1.17. The first kappa shape index (κ1) is 31.2. The molecule has 0 spiro atoms. The number of aromatic nitrogens is 1. The molecule has 0 radical (unpaired) electrons. The maximum Gasteiger partial charge on any atom is 0.416 e. The first-order chi connectivity index (χ1) is 22.1. The number of thiophene rings is 1. The van der Waals surface area contributed by atoms with Crippen molar-refractivity contribution in [3.05, 3.63) is 103 Å². The molecule has 2 aromatic heterocycles. The lowest BCUT2D eigenvalue weighted by Gasteiger charge is -2.21. The van der Waals surface area contributed by atoms with Crippen molar-refractivity contribution in [2.24, 2.45) is 0 Å². The third kappa shape index (κ3) is 6.60. The Kier molecular flexibility index (Phi) is 8.78. The van der Waals surface area contributed by atoms with E-state index in [2.05, 4.69) is 31.2 Å². The predicted molar refractivity (Wildman–Crippen MR) is 176 cm³/mol. The number of nitrogens with one attached hydrogen (secondary N) is 4. The summed E-state index contributed by atoms with van der Waals surface area (Å²) in [6.45, 7) is 1.83. The largest absolute Gasteiger partial charge is 0.416 e. The highest BCUT2D eigenvalue weighted by atomic mass is 32.1. The number of para-hydroxylation sites is 1. The van der Waals surface area contributed by atoms with Gasteiger partial charge in [-0.25, -0.2) is 0 Å². The second-order valence-corrected chi connectivity index (χ2v) is 12.2. The third-order valence-corrected chi connectivity index (χ3v) is 9.14. The number of carbonyl (C=O) groups is 1. The Labute approximate surface area is 266 Å². The van der Waals surface area contributed by atoms with E-state index in [1.54, 1.807) is 17.6 Å². The van der Waals surface area contributed by atoms with Crippen molar-refractivity contribution < 1.29 is 18.0 Å². The lowest BCUT2D eigenvalue weighted by Crippen LogP contribution is -2.37. The molecule has 5 aromatic rings. The van der Waals surface area contributed by atoms with Gasteiger partial charge in [-0.3, -0.25) is 19.4 Å². The van der Waals surface area contributed by atoms with Crippen molar-refractivity contribution >= 4 is 56.6 Å². The standard InChI is InChI=1S/C33H31F3N6O3S/c1-42-13-4-5-23(42)9-12-38-27-28(30(44)29(27)43)40-21-15-20(33(34,35)36)16-22(17-21)41-32(45)31-26(10-14-46-31)39-18-19-8-11-37-25-7-3-2-6-24(19)25/h2-3,6-8,10-11,14-17,23,38-40H,4-5,9,12-13,18H2,1H3,(H,41,45). The number of halogens is 3. The minimum atomic E-state index is -4.73. The molecule has 3 aromatic carbocycles. The zero-order valence-corrected chi connectivity index (χ0v) is 25.6. The molecule has 46 heavy (non-hydrogen) atoms. The van der Waals surface area contributed by atoms with Crippen LogP contribution in [0, 0.1) is 0 Å². The average Bonchev–Trinajstić information content (AvgIpc) is 3.69. The second-order valence-electron chi connectivity index (χ2n) is 11.3. The number of amides is 1. The summed E-state index contributed by atoms with van der Waals surface area (Å²) in [6, 6.07) is 14.6. The van der Waals surface area contributed by atoms with E-state index < -0.39 is 28.5 Å². The molecule has 3 heterocycles. The van der Waals surface area contributed by atoms with Gasteiger partial charge < -0.3 is 26.2 Å². The van der Waals surface area contributed by atoms with Crippen molar-refractivity contribution in [2.45, 2.75) is 38.0 Å². The summed E-state index contributed by atoms with van der Waals surface area (Å²) >= 11 is 1.14. The van der Waals surface area contributed by atoms with Gasteiger partial charge in [-0.2, -0.15) is 13.2 Å². The number of pyridine rings is 1. The topological polar surface area (TPSA) is 115 Å². The van der Waals surface area contributed by atoms with Crippen LogP contribution in [0.4, 0.5) is 41.6 Å². The van der Waals surface area contributed by atoms with Crippen molar-refractivity contribution in [1.82, 2.24) is 9.88 Å². The number of likely N-dealkylation sites (tertiary alicyclic amines) is 1. The lowest BCUT2D eigenvalue weighted by molar-refractivity contribution is -0.137. The Morgan fingerprint density at radius 1 is 1.02 bits per heavy atom. The zero-order valence-electron chi connectivity index (χ0n) is 24.8. The van der Waals surface area contributed by atoms with Crippen LogP contribution in [0.25, 0.3) is 10.9 Å². The fourth-order valence-corrected chi connectivity index (χ4v) is 6.54. The average molecular weight is 649 g/mol. The van der Waals surface area contributed by atoms with Gasteiger partial charge in [-0.15, -0.1) is 11.3 Å². The van der Waals surface area contributed by atoms with Crippen molar-refractivity contribution in [1.29, 1.82) is 0 Å². The smallest absolute Gasteiger partial charge is 0.380 e. The van der Waals surface area contributed by atoms with Gasteiger partial charge in [0, 0.05) is 42.1 Å². The van der Waals surface area contributed by atoms with Gasteiger partial charge in [0.25, 0.3) is 16.8 Å². The van der Waals surface area contributed by atoms with Crippen LogP contribution in [0.2, 0.25) is 0 Å². The molecular formula is C33H31F3N6O3S. The first-order valence-corrected chi connectivity index (χ1v) is 15.7. The maximum absolute atomic E-state index is 13.9. The van der Waals surface area contributed by atoms with Crippen molar-refractivity contribution in [3.8, 4) is 0 Å². The van der Waals surface area contributed by atoms with E-state index in [1.807, 2.05) is 37.4 Å². The highest BCUT2D eigenvalue weighted by molar-refractivity contribution is 7.12. The van der Waals surface area contributed by atoms with Crippen LogP contribution in [0.1, 0.15) is 40.1 Å². The number of fused-ring (bicyclic) bond motifs is 1. The molecule has 13 heteroatoms. The Morgan fingerprint density at radius 3 is 2.59 bits per heavy atom. The summed E-state index contributed by atoms with van der Waals surface area (Å²) < 4.78 is 41.7. The molecule has 0 saturated carbocycles. The summed E-state index contributed by atoms with van der Waals surface area (Å²) in [5, 5.41) is 14.2. The van der Waals surface area contributed by atoms with Crippen LogP contribution < -0.4 is 32.1 Å². The van der Waals surface area contributed by atoms with Gasteiger partial charge in [-0.05, 0) is 80.2 Å². The molecule has 1 unspecified atom stereocenters. The molecule has 9 nitrogen and oxygen atoms in total. The summed E-state index contributed by atoms with van der Waals surface area (Å²) in [4.78, 5) is 44.9. The Hall–Kier alpha value is -4.75. The molecule has 0 aliphatic carbocycles. The molecule has 1 atom stereocenters. The SMILES string of the molecule is CN1CCCC1CCNc1c(Nc2cc(NC(=O)c3sccc3NCc3ccnc4ccccc34)cc(C(F)(F)F)c2)c(=O)c1=O. The van der Waals surface area contributed by atoms with E-state index in [9.17, 15) is 27.6 Å². The lowest BCUT2D eigenvalue weighted by atomic mass is 10.1. The predicted octanol–water partition coefficient (Wildman–Crippen LogP) is 6.42. The molecule has 1 aliphatic rings. The van der Waals surface area contributed by atoms with Crippen LogP contribution in [-0.4, -0.2) is 42.0 Å². The number of anilines is 5. The Bertz CT molecular complexity index is 1960. The van der Waals surface area contributed by atoms with Crippen LogP contribution in [0.15, 0.2) is 75.8 Å². The fraction of sp³-hybridized carbons (Fsp3) is 0.273. The van der Waals surface area contributed by atoms with Gasteiger partial charge in [0.15, 0.2) is 0 Å². The highest BCUT2D eigenvalue weighted by Crippen LogP contribution is 2.35. The summed E-state index contributed by atoms with van der Waals surface area (Å²) in [5.41, 5.74) is -0.516. The molecule has 1 aliphatic heterocycles. The van der Waals surface area contributed by atoms with Gasteiger partial charge >= 0.3 is 6.18 Å². The molecule has 4 N–H and O–H groups in total. The first-order valence-electron chi connectivity index (χ1n) is 14.8. The quantitative estimate of drug-likeness (QED) is 0.122. The minimum Gasteiger partial charge on any atom is -0.380 e. The fourth-order valence-electron chi connectivity index (χ4n) is 5.78. The molecule has 238 valence electrons. The van der Waals surface area contributed by atoms with Crippen LogP contribution >= 0.6 is 11.3 Å².